The second-order valence-electron chi connectivity index (χ2n) is 4.62. The van der Waals surface area contributed by atoms with Gasteiger partial charge in [0.2, 0.25) is 0 Å². The zero-order chi connectivity index (χ0) is 15.4. The lowest BCUT2D eigenvalue weighted by atomic mass is 10.2. The first-order chi connectivity index (χ1) is 10.1. The quantitative estimate of drug-likeness (QED) is 0.888. The van der Waals surface area contributed by atoms with Crippen LogP contribution in [-0.2, 0) is 11.3 Å². The normalized spacial score (nSPS) is 12.2. The lowest BCUT2D eigenvalue weighted by Crippen LogP contribution is -2.06. The lowest BCUT2D eigenvalue weighted by Gasteiger charge is -2.08. The highest BCUT2D eigenvalue weighted by atomic mass is 32.1. The van der Waals surface area contributed by atoms with Crippen molar-refractivity contribution in [3.8, 4) is 22.1 Å². The molecule has 2 N–H and O–H groups in total. The number of ether oxygens (including phenoxy) is 3. The molecule has 2 rings (SSSR count). The maximum Gasteiger partial charge on any atom is 0.129 e. The summed E-state index contributed by atoms with van der Waals surface area (Å²) in [7, 11) is 4.93. The Bertz CT molecular complexity index is 611. The Morgan fingerprint density at radius 1 is 1.24 bits per heavy atom. The third-order valence-corrected chi connectivity index (χ3v) is 4.39. The summed E-state index contributed by atoms with van der Waals surface area (Å²) in [6.07, 6.45) is 0. The van der Waals surface area contributed by atoms with Crippen molar-refractivity contribution >= 4 is 11.3 Å². The third-order valence-electron chi connectivity index (χ3n) is 3.06. The van der Waals surface area contributed by atoms with Crippen LogP contribution in [0.4, 0.5) is 0 Å². The van der Waals surface area contributed by atoms with Gasteiger partial charge in [-0.15, -0.1) is 11.3 Å². The molecule has 2 aromatic rings. The molecule has 0 amide bonds. The first kappa shape index (κ1) is 15.8. The Balaban J connectivity index is 2.52. The highest BCUT2D eigenvalue weighted by Crippen LogP contribution is 2.38. The van der Waals surface area contributed by atoms with Crippen LogP contribution < -0.4 is 15.2 Å². The Kier molecular flexibility index (Phi) is 5.17. The molecule has 0 fully saturated rings. The number of thiazole rings is 1. The van der Waals surface area contributed by atoms with E-state index >= 15 is 0 Å². The fourth-order valence-electron chi connectivity index (χ4n) is 2.06. The number of methoxy groups -OCH3 is 3. The highest BCUT2D eigenvalue weighted by molar-refractivity contribution is 7.15. The van der Waals surface area contributed by atoms with Crippen molar-refractivity contribution in [1.29, 1.82) is 0 Å². The van der Waals surface area contributed by atoms with Crippen LogP contribution in [0.15, 0.2) is 18.2 Å². The summed E-state index contributed by atoms with van der Waals surface area (Å²) in [6.45, 7) is 2.39. The smallest absolute Gasteiger partial charge is 0.129 e. The largest absolute Gasteiger partial charge is 0.497 e. The van der Waals surface area contributed by atoms with Crippen LogP contribution in [0.1, 0.15) is 23.5 Å². The zero-order valence-corrected chi connectivity index (χ0v) is 13.5. The second-order valence-corrected chi connectivity index (χ2v) is 5.65. The average molecular weight is 308 g/mol. The summed E-state index contributed by atoms with van der Waals surface area (Å²) < 4.78 is 15.9. The molecule has 0 aliphatic rings. The van der Waals surface area contributed by atoms with E-state index in [1.54, 1.807) is 32.7 Å². The van der Waals surface area contributed by atoms with E-state index in [4.69, 9.17) is 19.9 Å². The fourth-order valence-corrected chi connectivity index (χ4v) is 3.10. The molecule has 5 nitrogen and oxygen atoms in total. The van der Waals surface area contributed by atoms with Gasteiger partial charge in [0, 0.05) is 18.0 Å². The predicted octanol–water partition coefficient (Wildman–Crippen LogP) is 2.99. The number of hydrogen-bond donors (Lipinski definition) is 1. The zero-order valence-electron chi connectivity index (χ0n) is 12.7. The summed E-state index contributed by atoms with van der Waals surface area (Å²) >= 11 is 1.56. The van der Waals surface area contributed by atoms with Crippen LogP contribution in [-0.4, -0.2) is 26.3 Å². The van der Waals surface area contributed by atoms with Crippen molar-refractivity contribution < 1.29 is 14.2 Å². The van der Waals surface area contributed by atoms with Crippen LogP contribution >= 0.6 is 11.3 Å². The molecule has 1 unspecified atom stereocenters. The Hall–Kier alpha value is -1.63. The first-order valence-corrected chi connectivity index (χ1v) is 7.38. The van der Waals surface area contributed by atoms with Crippen LogP contribution in [0.2, 0.25) is 0 Å². The van der Waals surface area contributed by atoms with Gasteiger partial charge in [0.1, 0.15) is 16.5 Å². The second kappa shape index (κ2) is 6.89. The van der Waals surface area contributed by atoms with Crippen LogP contribution in [0.5, 0.6) is 11.5 Å². The van der Waals surface area contributed by atoms with Gasteiger partial charge in [0.25, 0.3) is 0 Å². The molecule has 6 heteroatoms. The maximum absolute atomic E-state index is 6.02. The molecule has 0 aliphatic carbocycles. The average Bonchev–Trinajstić information content (AvgIpc) is 2.91. The number of nitrogens with zero attached hydrogens (tertiary/aromatic N) is 1. The van der Waals surface area contributed by atoms with Crippen molar-refractivity contribution in [2.24, 2.45) is 5.73 Å². The predicted molar refractivity (Wildman–Crippen MR) is 84.0 cm³/mol. The Labute approximate surface area is 128 Å². The number of hydrogen-bond acceptors (Lipinski definition) is 6. The van der Waals surface area contributed by atoms with Crippen molar-refractivity contribution in [3.05, 3.63) is 28.8 Å². The number of nitrogens with two attached hydrogens (primary N) is 1. The van der Waals surface area contributed by atoms with E-state index in [9.17, 15) is 0 Å². The van der Waals surface area contributed by atoms with Crippen molar-refractivity contribution in [1.82, 2.24) is 4.98 Å². The van der Waals surface area contributed by atoms with Crippen LogP contribution in [0.3, 0.4) is 0 Å². The summed E-state index contributed by atoms with van der Waals surface area (Å²) in [4.78, 5) is 5.68. The number of benzene rings is 1. The van der Waals surface area contributed by atoms with Gasteiger partial charge in [-0.2, -0.15) is 0 Å². The monoisotopic (exact) mass is 308 g/mol. The van der Waals surface area contributed by atoms with Gasteiger partial charge < -0.3 is 19.9 Å². The molecule has 21 heavy (non-hydrogen) atoms. The third kappa shape index (κ3) is 3.34. The minimum Gasteiger partial charge on any atom is -0.497 e. The van der Waals surface area contributed by atoms with Gasteiger partial charge in [-0.1, -0.05) is 0 Å². The molecule has 0 saturated carbocycles. The van der Waals surface area contributed by atoms with Crippen molar-refractivity contribution in [3.63, 3.8) is 0 Å². The summed E-state index contributed by atoms with van der Waals surface area (Å²) in [6, 6.07) is 5.56. The highest BCUT2D eigenvalue weighted by Gasteiger charge is 2.18. The van der Waals surface area contributed by atoms with Gasteiger partial charge in [-0.3, -0.25) is 0 Å². The molecule has 1 aromatic heterocycles. The van der Waals surface area contributed by atoms with Gasteiger partial charge in [0.05, 0.1) is 32.1 Å². The SMILES string of the molecule is COCc1nc(-c2cc(OC)ccc2OC)sc1C(C)N. The molecule has 0 radical (unpaired) electrons. The molecule has 0 spiro atoms. The van der Waals surface area contributed by atoms with E-state index in [1.807, 2.05) is 25.1 Å². The Morgan fingerprint density at radius 3 is 2.57 bits per heavy atom. The molecule has 1 aromatic carbocycles. The molecular weight excluding hydrogens is 288 g/mol. The first-order valence-electron chi connectivity index (χ1n) is 6.57. The van der Waals surface area contributed by atoms with E-state index in [0.717, 1.165) is 32.6 Å². The van der Waals surface area contributed by atoms with Gasteiger partial charge >= 0.3 is 0 Å². The topological polar surface area (TPSA) is 66.6 Å². The van der Waals surface area contributed by atoms with Crippen LogP contribution in [0, 0.1) is 0 Å². The van der Waals surface area contributed by atoms with Crippen molar-refractivity contribution in [2.45, 2.75) is 19.6 Å². The molecule has 1 atom stereocenters. The summed E-state index contributed by atoms with van der Waals surface area (Å²) in [5.41, 5.74) is 7.79. The van der Waals surface area contributed by atoms with E-state index < -0.39 is 0 Å². The number of rotatable bonds is 6. The summed E-state index contributed by atoms with van der Waals surface area (Å²) in [5.74, 6) is 1.52. The summed E-state index contributed by atoms with van der Waals surface area (Å²) in [5, 5.41) is 0.852. The number of aromatic nitrogens is 1. The van der Waals surface area contributed by atoms with E-state index in [2.05, 4.69) is 4.98 Å². The molecular formula is C15H20N2O3S. The molecule has 0 saturated heterocycles. The van der Waals surface area contributed by atoms with Crippen molar-refractivity contribution in [2.75, 3.05) is 21.3 Å². The molecule has 0 aliphatic heterocycles. The van der Waals surface area contributed by atoms with Crippen LogP contribution in [0.25, 0.3) is 10.6 Å². The van der Waals surface area contributed by atoms with E-state index in [1.165, 1.54) is 0 Å². The standard InChI is InChI=1S/C15H20N2O3S/c1-9(16)14-12(8-18-2)17-15(21-14)11-7-10(19-3)5-6-13(11)20-4/h5-7,9H,8,16H2,1-4H3. The van der Waals surface area contributed by atoms with Gasteiger partial charge in [-0.05, 0) is 25.1 Å². The molecule has 0 bridgehead atoms. The molecule has 114 valence electrons. The van der Waals surface area contributed by atoms with Gasteiger partial charge in [0.15, 0.2) is 0 Å². The Morgan fingerprint density at radius 2 is 2.00 bits per heavy atom. The van der Waals surface area contributed by atoms with Gasteiger partial charge in [-0.25, -0.2) is 4.98 Å². The van der Waals surface area contributed by atoms with E-state index in [-0.39, 0.29) is 6.04 Å². The van der Waals surface area contributed by atoms with E-state index in [0.29, 0.717) is 6.61 Å². The minimum absolute atomic E-state index is 0.0852. The maximum atomic E-state index is 6.02. The minimum atomic E-state index is -0.0852. The lowest BCUT2D eigenvalue weighted by molar-refractivity contribution is 0.181. The fraction of sp³-hybridized carbons (Fsp3) is 0.400. The molecule has 1 heterocycles.